The number of rotatable bonds is 4. The third-order valence-corrected chi connectivity index (χ3v) is 1.99. The highest BCUT2D eigenvalue weighted by Crippen LogP contribution is 2.06. The second-order valence-corrected chi connectivity index (χ2v) is 3.08. The summed E-state index contributed by atoms with van der Waals surface area (Å²) >= 11 is 0. The molecular formula is C9H14N2O5. The van der Waals surface area contributed by atoms with E-state index in [1.165, 1.54) is 0 Å². The monoisotopic (exact) mass is 230 g/mol. The average molecular weight is 230 g/mol. The fourth-order valence-electron chi connectivity index (χ4n) is 1.34. The van der Waals surface area contributed by atoms with Crippen LogP contribution in [0.5, 0.6) is 0 Å². The lowest BCUT2D eigenvalue weighted by Crippen LogP contribution is -2.47. The van der Waals surface area contributed by atoms with E-state index >= 15 is 0 Å². The van der Waals surface area contributed by atoms with Gasteiger partial charge in [-0.3, -0.25) is 0 Å². The SMILES string of the molecule is CCOC(=O)[C@@H]1NC(=O)N[C@H]1C(=O)OCC. The van der Waals surface area contributed by atoms with E-state index < -0.39 is 30.1 Å². The number of carbonyl (C=O) groups is 3. The van der Waals surface area contributed by atoms with Crippen LogP contribution < -0.4 is 10.6 Å². The van der Waals surface area contributed by atoms with Crippen molar-refractivity contribution in [2.24, 2.45) is 0 Å². The molecule has 7 nitrogen and oxygen atoms in total. The lowest BCUT2D eigenvalue weighted by molar-refractivity contribution is -0.153. The molecule has 2 amide bonds. The Morgan fingerprint density at radius 2 is 1.44 bits per heavy atom. The van der Waals surface area contributed by atoms with Crippen LogP contribution in [0.3, 0.4) is 0 Å². The summed E-state index contributed by atoms with van der Waals surface area (Å²) in [5, 5.41) is 4.60. The Labute approximate surface area is 92.5 Å². The molecular weight excluding hydrogens is 216 g/mol. The van der Waals surface area contributed by atoms with Crippen LogP contribution in [0.4, 0.5) is 4.79 Å². The third-order valence-electron chi connectivity index (χ3n) is 1.99. The van der Waals surface area contributed by atoms with E-state index in [2.05, 4.69) is 10.6 Å². The van der Waals surface area contributed by atoms with Crippen molar-refractivity contribution >= 4 is 18.0 Å². The van der Waals surface area contributed by atoms with Crippen LogP contribution in [0, 0.1) is 0 Å². The first-order valence-electron chi connectivity index (χ1n) is 5.00. The zero-order valence-corrected chi connectivity index (χ0v) is 9.11. The fraction of sp³-hybridized carbons (Fsp3) is 0.667. The molecule has 0 aromatic heterocycles. The maximum atomic E-state index is 11.4. The second kappa shape index (κ2) is 5.34. The first-order valence-corrected chi connectivity index (χ1v) is 5.00. The van der Waals surface area contributed by atoms with Crippen LogP contribution in [-0.2, 0) is 19.1 Å². The molecule has 16 heavy (non-hydrogen) atoms. The van der Waals surface area contributed by atoms with Gasteiger partial charge in [-0.15, -0.1) is 0 Å². The van der Waals surface area contributed by atoms with E-state index in [9.17, 15) is 14.4 Å². The summed E-state index contributed by atoms with van der Waals surface area (Å²) in [6.45, 7) is 3.64. The van der Waals surface area contributed by atoms with Crippen molar-refractivity contribution in [3.05, 3.63) is 0 Å². The first-order chi connectivity index (χ1) is 7.60. The molecule has 0 aliphatic carbocycles. The summed E-state index contributed by atoms with van der Waals surface area (Å²) < 4.78 is 9.46. The van der Waals surface area contributed by atoms with Crippen molar-refractivity contribution < 1.29 is 23.9 Å². The lowest BCUT2D eigenvalue weighted by Gasteiger charge is -2.15. The molecule has 0 unspecified atom stereocenters. The zero-order chi connectivity index (χ0) is 12.1. The van der Waals surface area contributed by atoms with Crippen LogP contribution >= 0.6 is 0 Å². The molecule has 1 heterocycles. The summed E-state index contributed by atoms with van der Waals surface area (Å²) in [6.07, 6.45) is 0. The molecule has 1 rings (SSSR count). The Bertz CT molecular complexity index is 276. The van der Waals surface area contributed by atoms with Gasteiger partial charge in [0.2, 0.25) is 0 Å². The van der Waals surface area contributed by atoms with Gasteiger partial charge in [-0.25, -0.2) is 14.4 Å². The smallest absolute Gasteiger partial charge is 0.331 e. The number of esters is 2. The molecule has 0 spiro atoms. The highest BCUT2D eigenvalue weighted by molar-refractivity contribution is 5.96. The highest BCUT2D eigenvalue weighted by atomic mass is 16.5. The number of nitrogens with one attached hydrogen (secondary N) is 2. The van der Waals surface area contributed by atoms with Crippen molar-refractivity contribution in [3.8, 4) is 0 Å². The zero-order valence-electron chi connectivity index (χ0n) is 9.11. The standard InChI is InChI=1S/C9H14N2O5/c1-3-15-7(12)5-6(8(13)16-4-2)11-9(14)10-5/h5-6H,3-4H2,1-2H3,(H2,10,11,14)/t5-,6-/m1/s1. The first kappa shape index (κ1) is 12.3. The van der Waals surface area contributed by atoms with E-state index in [1.807, 2.05) is 0 Å². The molecule has 1 aliphatic heterocycles. The van der Waals surface area contributed by atoms with Crippen LogP contribution in [0.2, 0.25) is 0 Å². The Morgan fingerprint density at radius 3 is 1.75 bits per heavy atom. The number of amides is 2. The summed E-state index contributed by atoms with van der Waals surface area (Å²) in [4.78, 5) is 33.9. The van der Waals surface area contributed by atoms with E-state index in [-0.39, 0.29) is 13.2 Å². The van der Waals surface area contributed by atoms with Gasteiger partial charge >= 0.3 is 18.0 Å². The van der Waals surface area contributed by atoms with Crippen molar-refractivity contribution in [2.45, 2.75) is 25.9 Å². The highest BCUT2D eigenvalue weighted by Gasteiger charge is 2.43. The van der Waals surface area contributed by atoms with Gasteiger partial charge in [-0.1, -0.05) is 0 Å². The van der Waals surface area contributed by atoms with Crippen LogP contribution in [-0.4, -0.2) is 43.3 Å². The summed E-state index contributed by atoms with van der Waals surface area (Å²) in [6, 6.07) is -2.63. The summed E-state index contributed by atoms with van der Waals surface area (Å²) in [5.74, 6) is -1.31. The van der Waals surface area contributed by atoms with Crippen molar-refractivity contribution in [1.29, 1.82) is 0 Å². The molecule has 0 bridgehead atoms. The molecule has 90 valence electrons. The van der Waals surface area contributed by atoms with Gasteiger partial charge in [0.1, 0.15) is 0 Å². The van der Waals surface area contributed by atoms with Crippen LogP contribution in [0.1, 0.15) is 13.8 Å². The van der Waals surface area contributed by atoms with E-state index in [1.54, 1.807) is 13.8 Å². The Morgan fingerprint density at radius 1 is 1.06 bits per heavy atom. The molecule has 1 fully saturated rings. The predicted molar refractivity (Wildman–Crippen MR) is 52.5 cm³/mol. The average Bonchev–Trinajstić information content (AvgIpc) is 2.61. The number of hydrogen-bond donors (Lipinski definition) is 2. The van der Waals surface area contributed by atoms with E-state index in [4.69, 9.17) is 9.47 Å². The largest absolute Gasteiger partial charge is 0.464 e. The van der Waals surface area contributed by atoms with Crippen LogP contribution in [0.15, 0.2) is 0 Å². The van der Waals surface area contributed by atoms with Crippen molar-refractivity contribution in [2.75, 3.05) is 13.2 Å². The Kier molecular flexibility index (Phi) is 4.10. The van der Waals surface area contributed by atoms with Gasteiger partial charge < -0.3 is 20.1 Å². The number of hydrogen-bond acceptors (Lipinski definition) is 5. The van der Waals surface area contributed by atoms with Gasteiger partial charge in [-0.2, -0.15) is 0 Å². The molecule has 2 atom stereocenters. The molecule has 2 N–H and O–H groups in total. The predicted octanol–water partition coefficient (Wildman–Crippen LogP) is -0.837. The second-order valence-electron chi connectivity index (χ2n) is 3.08. The van der Waals surface area contributed by atoms with Gasteiger partial charge in [-0.05, 0) is 13.8 Å². The van der Waals surface area contributed by atoms with Gasteiger partial charge in [0.25, 0.3) is 0 Å². The van der Waals surface area contributed by atoms with Crippen molar-refractivity contribution in [3.63, 3.8) is 0 Å². The summed E-state index contributed by atoms with van der Waals surface area (Å²) in [5.41, 5.74) is 0. The van der Waals surface area contributed by atoms with Gasteiger partial charge in [0.05, 0.1) is 13.2 Å². The van der Waals surface area contributed by atoms with E-state index in [0.29, 0.717) is 0 Å². The molecule has 1 aliphatic rings. The van der Waals surface area contributed by atoms with Crippen molar-refractivity contribution in [1.82, 2.24) is 10.6 Å². The number of urea groups is 1. The van der Waals surface area contributed by atoms with E-state index in [0.717, 1.165) is 0 Å². The lowest BCUT2D eigenvalue weighted by atomic mass is 10.1. The van der Waals surface area contributed by atoms with Gasteiger partial charge in [0, 0.05) is 0 Å². The number of carbonyl (C=O) groups excluding carboxylic acids is 3. The quantitative estimate of drug-likeness (QED) is 0.614. The minimum Gasteiger partial charge on any atom is -0.464 e. The Balaban J connectivity index is 2.69. The molecule has 0 radical (unpaired) electrons. The number of ether oxygens (including phenoxy) is 2. The molecule has 0 saturated carbocycles. The van der Waals surface area contributed by atoms with Crippen LogP contribution in [0.25, 0.3) is 0 Å². The minimum atomic E-state index is -1.02. The molecule has 0 aromatic rings. The van der Waals surface area contributed by atoms with Gasteiger partial charge in [0.15, 0.2) is 12.1 Å². The third kappa shape index (κ3) is 2.62. The normalized spacial score (nSPS) is 23.2. The molecule has 1 saturated heterocycles. The topological polar surface area (TPSA) is 93.7 Å². The maximum absolute atomic E-state index is 11.4. The molecule has 7 heteroatoms. The summed E-state index contributed by atoms with van der Waals surface area (Å²) in [7, 11) is 0. The Hall–Kier alpha value is -1.79. The molecule has 0 aromatic carbocycles. The minimum absolute atomic E-state index is 0.181. The maximum Gasteiger partial charge on any atom is 0.331 e. The fourth-order valence-corrected chi connectivity index (χ4v) is 1.34.